The van der Waals surface area contributed by atoms with Gasteiger partial charge >= 0.3 is 0 Å². The maximum absolute atomic E-state index is 13.1. The molecule has 3 aromatic rings. The number of fused-ring (bicyclic) bond motifs is 1. The average molecular weight is 392 g/mol. The van der Waals surface area contributed by atoms with Crippen LogP contribution in [0.3, 0.4) is 0 Å². The molecule has 4 nitrogen and oxygen atoms in total. The molecule has 5 heteroatoms. The van der Waals surface area contributed by atoms with E-state index in [1.165, 1.54) is 0 Å². The summed E-state index contributed by atoms with van der Waals surface area (Å²) in [5, 5.41) is 3.73. The largest absolute Gasteiger partial charge is 0.454 e. The van der Waals surface area contributed by atoms with Gasteiger partial charge in [-0.15, -0.1) is 0 Å². The van der Waals surface area contributed by atoms with E-state index in [-0.39, 0.29) is 12.7 Å². The lowest BCUT2D eigenvalue weighted by Crippen LogP contribution is -2.27. The SMILES string of the molecule is O=C(Nc1ccc(Cl)c(-c2ccccc2)c1)C1(c2ccc3c(c2)OCO3)CC1. The number of hydrogen-bond acceptors (Lipinski definition) is 3. The lowest BCUT2D eigenvalue weighted by Gasteiger charge is -2.17. The minimum atomic E-state index is -0.506. The van der Waals surface area contributed by atoms with E-state index < -0.39 is 5.41 Å². The van der Waals surface area contributed by atoms with Gasteiger partial charge in [0.15, 0.2) is 11.5 Å². The summed E-state index contributed by atoms with van der Waals surface area (Å²) in [4.78, 5) is 13.1. The van der Waals surface area contributed by atoms with Crippen molar-refractivity contribution in [3.05, 3.63) is 77.3 Å². The highest BCUT2D eigenvalue weighted by Gasteiger charge is 2.51. The molecule has 2 aliphatic rings. The van der Waals surface area contributed by atoms with Crippen molar-refractivity contribution >= 4 is 23.2 Å². The van der Waals surface area contributed by atoms with Crippen molar-refractivity contribution in [3.8, 4) is 22.6 Å². The molecule has 0 aromatic heterocycles. The summed E-state index contributed by atoms with van der Waals surface area (Å²) in [6.07, 6.45) is 1.63. The van der Waals surface area contributed by atoms with Crippen molar-refractivity contribution in [3.63, 3.8) is 0 Å². The van der Waals surface area contributed by atoms with Crippen LogP contribution in [0.25, 0.3) is 11.1 Å². The highest BCUT2D eigenvalue weighted by molar-refractivity contribution is 6.33. The van der Waals surface area contributed by atoms with Crippen molar-refractivity contribution in [2.75, 3.05) is 12.1 Å². The molecule has 1 saturated carbocycles. The molecule has 0 radical (unpaired) electrons. The molecule has 0 atom stereocenters. The number of amides is 1. The first-order chi connectivity index (χ1) is 13.7. The molecular formula is C23H18ClNO3. The molecule has 0 saturated heterocycles. The monoisotopic (exact) mass is 391 g/mol. The standard InChI is InChI=1S/C23H18ClNO3/c24-19-8-7-17(13-18(19)15-4-2-1-3-5-15)25-22(26)23(10-11-23)16-6-9-20-21(12-16)28-14-27-20/h1-9,12-13H,10-11,14H2,(H,25,26). The van der Waals surface area contributed by atoms with E-state index in [0.717, 1.165) is 41.0 Å². The fourth-order valence-electron chi connectivity index (χ4n) is 3.66. The van der Waals surface area contributed by atoms with Gasteiger partial charge in [0.05, 0.1) is 5.41 Å². The van der Waals surface area contributed by atoms with E-state index in [0.29, 0.717) is 10.8 Å². The fourth-order valence-corrected chi connectivity index (χ4v) is 3.89. The second-order valence-corrected chi connectivity index (χ2v) is 7.57. The van der Waals surface area contributed by atoms with Gasteiger partial charge in [0.1, 0.15) is 0 Å². The van der Waals surface area contributed by atoms with Gasteiger partial charge < -0.3 is 14.8 Å². The maximum atomic E-state index is 13.1. The van der Waals surface area contributed by atoms with Crippen LogP contribution < -0.4 is 14.8 Å². The zero-order valence-corrected chi connectivity index (χ0v) is 15.8. The fraction of sp³-hybridized carbons (Fsp3) is 0.174. The summed E-state index contributed by atoms with van der Waals surface area (Å²) in [5.74, 6) is 1.42. The Balaban J connectivity index is 1.41. The molecular weight excluding hydrogens is 374 g/mol. The lowest BCUT2D eigenvalue weighted by molar-refractivity contribution is -0.118. The quantitative estimate of drug-likeness (QED) is 0.647. The molecule has 3 aromatic carbocycles. The summed E-state index contributed by atoms with van der Waals surface area (Å²) in [6, 6.07) is 21.2. The van der Waals surface area contributed by atoms with Crippen LogP contribution in [0.4, 0.5) is 5.69 Å². The number of hydrogen-bond donors (Lipinski definition) is 1. The van der Waals surface area contributed by atoms with Crippen molar-refractivity contribution in [2.24, 2.45) is 0 Å². The third kappa shape index (κ3) is 2.90. The lowest BCUT2D eigenvalue weighted by atomic mass is 9.94. The Labute approximate surface area is 168 Å². The number of ether oxygens (including phenoxy) is 2. The molecule has 1 fully saturated rings. The molecule has 1 amide bonds. The zero-order chi connectivity index (χ0) is 19.1. The van der Waals surface area contributed by atoms with Gasteiger partial charge in [0.25, 0.3) is 0 Å². The van der Waals surface area contributed by atoms with E-state index in [1.807, 2.05) is 66.7 Å². The van der Waals surface area contributed by atoms with Gasteiger partial charge in [0.2, 0.25) is 12.7 Å². The Morgan fingerprint density at radius 2 is 1.71 bits per heavy atom. The molecule has 0 bridgehead atoms. The molecule has 28 heavy (non-hydrogen) atoms. The predicted molar refractivity (Wildman–Crippen MR) is 109 cm³/mol. The Bertz CT molecular complexity index is 1060. The molecule has 0 unspecified atom stereocenters. The Morgan fingerprint density at radius 3 is 2.50 bits per heavy atom. The molecule has 1 aliphatic heterocycles. The van der Waals surface area contributed by atoms with Gasteiger partial charge in [-0.25, -0.2) is 0 Å². The summed E-state index contributed by atoms with van der Waals surface area (Å²) in [7, 11) is 0. The van der Waals surface area contributed by atoms with Gasteiger partial charge in [-0.05, 0) is 54.3 Å². The van der Waals surface area contributed by atoms with Crippen molar-refractivity contribution in [1.29, 1.82) is 0 Å². The summed E-state index contributed by atoms with van der Waals surface area (Å²) in [6.45, 7) is 0.227. The predicted octanol–water partition coefficient (Wildman–Crippen LogP) is 5.41. The van der Waals surface area contributed by atoms with Crippen LogP contribution >= 0.6 is 11.6 Å². The Morgan fingerprint density at radius 1 is 0.929 bits per heavy atom. The second-order valence-electron chi connectivity index (χ2n) is 7.16. The minimum Gasteiger partial charge on any atom is -0.454 e. The average Bonchev–Trinajstić information content (AvgIpc) is 3.41. The van der Waals surface area contributed by atoms with Crippen LogP contribution in [0.5, 0.6) is 11.5 Å². The van der Waals surface area contributed by atoms with Crippen LogP contribution in [0, 0.1) is 0 Å². The van der Waals surface area contributed by atoms with E-state index in [4.69, 9.17) is 21.1 Å². The second kappa shape index (κ2) is 6.57. The van der Waals surface area contributed by atoms with Gasteiger partial charge in [-0.2, -0.15) is 0 Å². The third-order valence-corrected chi connectivity index (χ3v) is 5.75. The third-order valence-electron chi connectivity index (χ3n) is 5.42. The molecule has 1 heterocycles. The number of anilines is 1. The van der Waals surface area contributed by atoms with E-state index in [9.17, 15) is 4.79 Å². The number of rotatable bonds is 4. The zero-order valence-electron chi connectivity index (χ0n) is 15.1. The summed E-state index contributed by atoms with van der Waals surface area (Å²) < 4.78 is 10.8. The molecule has 140 valence electrons. The van der Waals surface area contributed by atoms with Crippen LogP contribution in [0.15, 0.2) is 66.7 Å². The van der Waals surface area contributed by atoms with Crippen LogP contribution in [0.1, 0.15) is 18.4 Å². The normalized spacial score (nSPS) is 15.9. The molecule has 1 aliphatic carbocycles. The van der Waals surface area contributed by atoms with Crippen LogP contribution in [0.2, 0.25) is 5.02 Å². The number of carbonyl (C=O) groups is 1. The first-order valence-electron chi connectivity index (χ1n) is 9.22. The maximum Gasteiger partial charge on any atom is 0.235 e. The minimum absolute atomic E-state index is 0.00676. The van der Waals surface area contributed by atoms with Gasteiger partial charge in [0, 0.05) is 16.3 Å². The highest BCUT2D eigenvalue weighted by atomic mass is 35.5. The molecule has 5 rings (SSSR count). The van der Waals surface area contributed by atoms with Crippen molar-refractivity contribution < 1.29 is 14.3 Å². The number of halogens is 1. The summed E-state index contributed by atoms with van der Waals surface area (Å²) >= 11 is 6.38. The van der Waals surface area contributed by atoms with E-state index in [2.05, 4.69) is 5.32 Å². The Hall–Kier alpha value is -2.98. The first-order valence-corrected chi connectivity index (χ1v) is 9.60. The van der Waals surface area contributed by atoms with E-state index in [1.54, 1.807) is 0 Å². The number of carbonyl (C=O) groups excluding carboxylic acids is 1. The van der Waals surface area contributed by atoms with Crippen LogP contribution in [-0.2, 0) is 10.2 Å². The first kappa shape index (κ1) is 17.1. The van der Waals surface area contributed by atoms with Crippen molar-refractivity contribution in [1.82, 2.24) is 0 Å². The Kier molecular flexibility index (Phi) is 4.02. The number of nitrogens with one attached hydrogen (secondary N) is 1. The molecule has 0 spiro atoms. The van der Waals surface area contributed by atoms with E-state index >= 15 is 0 Å². The smallest absolute Gasteiger partial charge is 0.235 e. The van der Waals surface area contributed by atoms with Crippen molar-refractivity contribution in [2.45, 2.75) is 18.3 Å². The van der Waals surface area contributed by atoms with Gasteiger partial charge in [-0.3, -0.25) is 4.79 Å². The summed E-state index contributed by atoms with van der Waals surface area (Å²) in [5.41, 5.74) is 3.10. The number of benzene rings is 3. The highest BCUT2D eigenvalue weighted by Crippen LogP contribution is 2.51. The van der Waals surface area contributed by atoms with Crippen LogP contribution in [-0.4, -0.2) is 12.7 Å². The topological polar surface area (TPSA) is 47.6 Å². The van der Waals surface area contributed by atoms with Gasteiger partial charge in [-0.1, -0.05) is 48.0 Å². The molecule has 1 N–H and O–H groups in total.